The van der Waals surface area contributed by atoms with Gasteiger partial charge in [0.25, 0.3) is 0 Å². The molecule has 84 valence electrons. The van der Waals surface area contributed by atoms with Crippen LogP contribution in [0.1, 0.15) is 20.4 Å². The van der Waals surface area contributed by atoms with E-state index < -0.39 is 12.3 Å². The quantitative estimate of drug-likeness (QED) is 0.611. The molecule has 1 aromatic heterocycles. The highest BCUT2D eigenvalue weighted by atomic mass is 32.1. The lowest BCUT2D eigenvalue weighted by Gasteiger charge is -2.06. The monoisotopic (exact) mass is 231 g/mol. The van der Waals surface area contributed by atoms with E-state index in [0.29, 0.717) is 4.88 Å². The van der Waals surface area contributed by atoms with Crippen molar-refractivity contribution < 1.29 is 19.4 Å². The first-order valence-electron chi connectivity index (χ1n) is 4.34. The fourth-order valence-electron chi connectivity index (χ4n) is 1.11. The van der Waals surface area contributed by atoms with E-state index in [1.165, 1.54) is 25.6 Å². The number of rotatable bonds is 4. The summed E-state index contributed by atoms with van der Waals surface area (Å²) in [6.07, 6.45) is -0.680. The minimum absolute atomic E-state index is 0.243. The van der Waals surface area contributed by atoms with Crippen molar-refractivity contribution in [3.8, 4) is 0 Å². The normalized spacial score (nSPS) is 12.5. The Morgan fingerprint density at radius 2 is 2.27 bits per heavy atom. The van der Waals surface area contributed by atoms with Gasteiger partial charge in [0, 0.05) is 18.4 Å². The number of carbonyl (C=O) groups excluding carboxylic acids is 1. The molecule has 1 unspecified atom stereocenters. The topological polar surface area (TPSA) is 68.7 Å². The van der Waals surface area contributed by atoms with E-state index in [0.717, 1.165) is 5.01 Å². The van der Waals surface area contributed by atoms with Crippen molar-refractivity contribution in [2.75, 3.05) is 14.2 Å². The number of aromatic nitrogens is 1. The number of hydrogen-bond donors (Lipinski definition) is 1. The maximum Gasteiger partial charge on any atom is 0.357 e. The molecule has 1 atom stereocenters. The first kappa shape index (κ1) is 12.1. The number of aliphatic hydroxyl groups is 1. The first-order chi connectivity index (χ1) is 7.08. The largest absolute Gasteiger partial charge is 0.464 e. The van der Waals surface area contributed by atoms with Crippen molar-refractivity contribution >= 4 is 17.3 Å². The third-order valence-electron chi connectivity index (χ3n) is 1.82. The summed E-state index contributed by atoms with van der Waals surface area (Å²) in [5.41, 5.74) is 0.260. The van der Waals surface area contributed by atoms with Gasteiger partial charge in [0.1, 0.15) is 0 Å². The number of thiazole rings is 1. The maximum absolute atomic E-state index is 11.3. The van der Waals surface area contributed by atoms with Crippen LogP contribution in [0.5, 0.6) is 0 Å². The molecular formula is C9H13NO4S. The van der Waals surface area contributed by atoms with Gasteiger partial charge in [-0.05, 0) is 6.92 Å². The molecule has 0 aliphatic rings. The lowest BCUT2D eigenvalue weighted by molar-refractivity contribution is -0.0716. The second-order valence-electron chi connectivity index (χ2n) is 2.89. The number of carbonyl (C=O) groups is 1. The van der Waals surface area contributed by atoms with Gasteiger partial charge in [-0.2, -0.15) is 0 Å². The standard InChI is InChI=1S/C9H13NO4S/c1-5-10-8(9(12)14-3)6(15-5)4-7(11)13-2/h7,11H,4H2,1-3H3. The molecule has 0 aliphatic carbocycles. The highest BCUT2D eigenvalue weighted by molar-refractivity contribution is 7.11. The summed E-state index contributed by atoms with van der Waals surface area (Å²) in [5, 5.41) is 10.1. The van der Waals surface area contributed by atoms with Gasteiger partial charge in [-0.15, -0.1) is 11.3 Å². The number of hydrogen-bond acceptors (Lipinski definition) is 6. The molecule has 6 heteroatoms. The van der Waals surface area contributed by atoms with E-state index in [1.54, 1.807) is 6.92 Å². The molecule has 5 nitrogen and oxygen atoms in total. The zero-order valence-electron chi connectivity index (χ0n) is 8.81. The van der Waals surface area contributed by atoms with Crippen LogP contribution in [-0.4, -0.2) is 36.6 Å². The molecule has 0 amide bonds. The van der Waals surface area contributed by atoms with Crippen molar-refractivity contribution in [2.24, 2.45) is 0 Å². The predicted molar refractivity (Wildman–Crippen MR) is 54.9 cm³/mol. The van der Waals surface area contributed by atoms with E-state index in [9.17, 15) is 9.90 Å². The minimum Gasteiger partial charge on any atom is -0.464 e. The molecule has 1 rings (SSSR count). The Hall–Kier alpha value is -0.980. The van der Waals surface area contributed by atoms with E-state index >= 15 is 0 Å². The van der Waals surface area contributed by atoms with Crippen LogP contribution in [0.25, 0.3) is 0 Å². The first-order valence-corrected chi connectivity index (χ1v) is 5.15. The van der Waals surface area contributed by atoms with E-state index in [2.05, 4.69) is 9.72 Å². The average Bonchev–Trinajstić information content (AvgIpc) is 2.58. The third kappa shape index (κ3) is 2.98. The zero-order chi connectivity index (χ0) is 11.4. The highest BCUT2D eigenvalue weighted by Gasteiger charge is 2.19. The van der Waals surface area contributed by atoms with Crippen LogP contribution >= 0.6 is 11.3 Å². The average molecular weight is 231 g/mol. The van der Waals surface area contributed by atoms with Gasteiger partial charge in [0.2, 0.25) is 0 Å². The van der Waals surface area contributed by atoms with Gasteiger partial charge in [-0.1, -0.05) is 0 Å². The fraction of sp³-hybridized carbons (Fsp3) is 0.556. The lowest BCUT2D eigenvalue weighted by Crippen LogP contribution is -2.14. The number of nitrogens with zero attached hydrogens (tertiary/aromatic N) is 1. The lowest BCUT2D eigenvalue weighted by atomic mass is 10.3. The van der Waals surface area contributed by atoms with Gasteiger partial charge in [0.15, 0.2) is 12.0 Å². The van der Waals surface area contributed by atoms with Crippen LogP contribution in [0.4, 0.5) is 0 Å². The molecule has 0 spiro atoms. The Balaban J connectivity index is 2.91. The Morgan fingerprint density at radius 1 is 1.60 bits per heavy atom. The van der Waals surface area contributed by atoms with Crippen molar-refractivity contribution in [1.29, 1.82) is 0 Å². The van der Waals surface area contributed by atoms with Gasteiger partial charge < -0.3 is 14.6 Å². The summed E-state index contributed by atoms with van der Waals surface area (Å²) in [5.74, 6) is -0.488. The highest BCUT2D eigenvalue weighted by Crippen LogP contribution is 2.20. The Morgan fingerprint density at radius 3 is 2.80 bits per heavy atom. The third-order valence-corrected chi connectivity index (χ3v) is 2.81. The molecule has 15 heavy (non-hydrogen) atoms. The number of aryl methyl sites for hydroxylation is 1. The Labute approximate surface area is 91.7 Å². The summed E-state index contributed by atoms with van der Waals surface area (Å²) in [4.78, 5) is 16.0. The second-order valence-corrected chi connectivity index (χ2v) is 4.18. The molecule has 0 radical (unpaired) electrons. The smallest absolute Gasteiger partial charge is 0.357 e. The number of methoxy groups -OCH3 is 2. The number of ether oxygens (including phenoxy) is 2. The molecule has 0 aliphatic heterocycles. The number of aliphatic hydroxyl groups excluding tert-OH is 1. The summed E-state index contributed by atoms with van der Waals surface area (Å²) in [7, 11) is 2.70. The van der Waals surface area contributed by atoms with Crippen LogP contribution in [0.15, 0.2) is 0 Å². The maximum atomic E-state index is 11.3. The van der Waals surface area contributed by atoms with E-state index in [4.69, 9.17) is 4.74 Å². The summed E-state index contributed by atoms with van der Waals surface area (Å²) in [6, 6.07) is 0. The zero-order valence-corrected chi connectivity index (χ0v) is 9.63. The van der Waals surface area contributed by atoms with Crippen LogP contribution in [-0.2, 0) is 15.9 Å². The van der Waals surface area contributed by atoms with Gasteiger partial charge in [0.05, 0.1) is 12.1 Å². The minimum atomic E-state index is -0.923. The molecule has 0 aromatic carbocycles. The molecular weight excluding hydrogens is 218 g/mol. The molecule has 0 fully saturated rings. The summed E-state index contributed by atoms with van der Waals surface area (Å²) >= 11 is 1.35. The van der Waals surface area contributed by atoms with Crippen molar-refractivity contribution in [1.82, 2.24) is 4.98 Å². The molecule has 1 heterocycles. The van der Waals surface area contributed by atoms with E-state index in [-0.39, 0.29) is 12.1 Å². The SMILES string of the molecule is COC(=O)c1nc(C)sc1CC(O)OC. The van der Waals surface area contributed by atoms with Gasteiger partial charge in [-0.3, -0.25) is 0 Å². The Kier molecular flexibility index (Phi) is 4.19. The van der Waals surface area contributed by atoms with Crippen molar-refractivity contribution in [3.05, 3.63) is 15.6 Å². The van der Waals surface area contributed by atoms with Crippen LogP contribution < -0.4 is 0 Å². The second kappa shape index (κ2) is 5.20. The van der Waals surface area contributed by atoms with Crippen LogP contribution in [0.2, 0.25) is 0 Å². The van der Waals surface area contributed by atoms with E-state index in [1.807, 2.05) is 0 Å². The Bertz CT molecular complexity index is 350. The summed E-state index contributed by atoms with van der Waals surface area (Å²) in [6.45, 7) is 1.79. The van der Waals surface area contributed by atoms with Gasteiger partial charge >= 0.3 is 5.97 Å². The van der Waals surface area contributed by atoms with Crippen LogP contribution in [0, 0.1) is 6.92 Å². The molecule has 0 saturated carbocycles. The molecule has 0 bridgehead atoms. The number of esters is 1. The predicted octanol–water partition coefficient (Wildman–Crippen LogP) is 0.745. The molecule has 1 aromatic rings. The fourth-order valence-corrected chi connectivity index (χ4v) is 2.05. The van der Waals surface area contributed by atoms with Crippen molar-refractivity contribution in [3.63, 3.8) is 0 Å². The molecule has 1 N–H and O–H groups in total. The molecule has 0 saturated heterocycles. The van der Waals surface area contributed by atoms with Crippen LogP contribution in [0.3, 0.4) is 0 Å². The van der Waals surface area contributed by atoms with Gasteiger partial charge in [-0.25, -0.2) is 9.78 Å². The summed E-state index contributed by atoms with van der Waals surface area (Å²) < 4.78 is 9.30. The van der Waals surface area contributed by atoms with Crippen molar-refractivity contribution in [2.45, 2.75) is 19.6 Å².